The van der Waals surface area contributed by atoms with Crippen LogP contribution in [0.5, 0.6) is 0 Å². The van der Waals surface area contributed by atoms with Crippen LogP contribution in [0.4, 0.5) is 0 Å². The van der Waals surface area contributed by atoms with E-state index >= 15 is 0 Å². The second kappa shape index (κ2) is 14.1. The van der Waals surface area contributed by atoms with E-state index in [9.17, 15) is 29.1 Å². The zero-order valence-electron chi connectivity index (χ0n) is 16.1. The number of carboxylic acids is 1. The lowest BCUT2D eigenvalue weighted by atomic mass is 10.1. The second-order valence-corrected chi connectivity index (χ2v) is 6.35. The van der Waals surface area contributed by atoms with Gasteiger partial charge >= 0.3 is 5.97 Å². The smallest absolute Gasteiger partial charge is 0.320 e. The van der Waals surface area contributed by atoms with Crippen molar-refractivity contribution >= 4 is 35.6 Å². The van der Waals surface area contributed by atoms with Crippen molar-refractivity contribution in [3.05, 3.63) is 12.7 Å². The molecule has 0 saturated heterocycles. The fourth-order valence-electron chi connectivity index (χ4n) is 2.23. The first-order valence-electron chi connectivity index (χ1n) is 9.02. The number of carbonyl (C=O) groups is 5. The minimum Gasteiger partial charge on any atom is -0.480 e. The van der Waals surface area contributed by atoms with Crippen molar-refractivity contribution in [2.24, 2.45) is 5.73 Å². The number of aliphatic hydroxyl groups is 1. The molecule has 0 aromatic rings. The molecule has 0 saturated carbocycles. The van der Waals surface area contributed by atoms with Crippen LogP contribution in [0.15, 0.2) is 12.7 Å². The number of amides is 2. The van der Waals surface area contributed by atoms with Crippen LogP contribution in [0, 0.1) is 5.41 Å². The van der Waals surface area contributed by atoms with Crippen molar-refractivity contribution in [1.82, 2.24) is 10.6 Å². The van der Waals surface area contributed by atoms with Gasteiger partial charge in [-0.25, -0.2) is 0 Å². The Labute approximate surface area is 168 Å². The Bertz CT molecular complexity index is 636. The van der Waals surface area contributed by atoms with Crippen molar-refractivity contribution in [3.8, 4) is 0 Å². The molecule has 0 aliphatic heterocycles. The predicted octanol–water partition coefficient (Wildman–Crippen LogP) is -1.33. The molecule has 162 valence electrons. The maximum Gasteiger partial charge on any atom is 0.320 e. The summed E-state index contributed by atoms with van der Waals surface area (Å²) in [4.78, 5) is 57.9. The fraction of sp³-hybridized carbons (Fsp3) is 0.556. The lowest BCUT2D eigenvalue weighted by Crippen LogP contribution is -2.51. The van der Waals surface area contributed by atoms with Crippen LogP contribution < -0.4 is 16.4 Å². The molecule has 0 radical (unpaired) electrons. The molecular weight excluding hydrogens is 384 g/mol. The van der Waals surface area contributed by atoms with E-state index in [-0.39, 0.29) is 44.3 Å². The number of allylic oxidation sites excluding steroid dienone is 1. The molecule has 29 heavy (non-hydrogen) atoms. The lowest BCUT2D eigenvalue weighted by Gasteiger charge is -2.22. The number of rotatable bonds is 16. The molecule has 0 bridgehead atoms. The highest BCUT2D eigenvalue weighted by Crippen LogP contribution is 2.04. The van der Waals surface area contributed by atoms with Gasteiger partial charge in [0.05, 0.1) is 18.9 Å². The number of aliphatic hydroxyl groups excluding tert-OH is 1. The first kappa shape index (κ1) is 26.1. The summed E-state index contributed by atoms with van der Waals surface area (Å²) in [5.74, 6) is -3.37. The van der Waals surface area contributed by atoms with E-state index in [4.69, 9.17) is 16.2 Å². The number of aliphatic carboxylic acids is 1. The van der Waals surface area contributed by atoms with Gasteiger partial charge in [0, 0.05) is 19.3 Å². The van der Waals surface area contributed by atoms with Crippen LogP contribution in [-0.2, 0) is 24.0 Å². The van der Waals surface area contributed by atoms with Gasteiger partial charge in [0.25, 0.3) is 0 Å². The van der Waals surface area contributed by atoms with Crippen molar-refractivity contribution < 1.29 is 34.2 Å². The molecule has 11 heteroatoms. The molecule has 11 nitrogen and oxygen atoms in total. The van der Waals surface area contributed by atoms with Gasteiger partial charge in [-0.1, -0.05) is 6.58 Å². The summed E-state index contributed by atoms with van der Waals surface area (Å²) in [7, 11) is 0. The molecule has 0 heterocycles. The summed E-state index contributed by atoms with van der Waals surface area (Å²) in [5.41, 5.74) is 5.33. The van der Waals surface area contributed by atoms with Crippen LogP contribution in [0.3, 0.4) is 0 Å². The lowest BCUT2D eigenvalue weighted by molar-refractivity contribution is -0.139. The van der Waals surface area contributed by atoms with Crippen LogP contribution in [0.1, 0.15) is 38.5 Å². The Balaban J connectivity index is 4.95. The molecule has 0 aliphatic carbocycles. The number of nitrogens with one attached hydrogen (secondary N) is 3. The van der Waals surface area contributed by atoms with E-state index in [2.05, 4.69) is 17.2 Å². The summed E-state index contributed by atoms with van der Waals surface area (Å²) in [6.45, 7) is 2.89. The van der Waals surface area contributed by atoms with Gasteiger partial charge in [0.2, 0.25) is 11.8 Å². The third-order valence-corrected chi connectivity index (χ3v) is 4.03. The average molecular weight is 412 g/mol. The van der Waals surface area contributed by atoms with Gasteiger partial charge in [0.1, 0.15) is 12.1 Å². The molecule has 0 aromatic carbocycles. The van der Waals surface area contributed by atoms with E-state index in [1.807, 2.05) is 0 Å². The van der Waals surface area contributed by atoms with Crippen molar-refractivity contribution in [1.29, 1.82) is 5.41 Å². The van der Waals surface area contributed by atoms with Crippen molar-refractivity contribution in [3.63, 3.8) is 0 Å². The minimum atomic E-state index is -1.26. The number of nitrogens with two attached hydrogens (primary N) is 1. The topological polar surface area (TPSA) is 200 Å². The predicted molar refractivity (Wildman–Crippen MR) is 103 cm³/mol. The number of carbonyl (C=O) groups excluding carboxylic acids is 4. The van der Waals surface area contributed by atoms with Crippen molar-refractivity contribution in [2.45, 2.75) is 56.7 Å². The molecule has 0 aromatic heterocycles. The highest BCUT2D eigenvalue weighted by molar-refractivity contribution is 6.26. The van der Waals surface area contributed by atoms with Gasteiger partial charge in [0.15, 0.2) is 11.6 Å². The first-order valence-corrected chi connectivity index (χ1v) is 9.02. The molecule has 7 N–H and O–H groups in total. The number of carboxylic acid groups (broad SMARTS) is 1. The Morgan fingerprint density at radius 2 is 1.62 bits per heavy atom. The normalized spacial score (nSPS) is 13.4. The molecule has 0 spiro atoms. The Morgan fingerprint density at radius 1 is 1.00 bits per heavy atom. The number of Topliss-reactive ketones (excluding diaryl/α,β-unsaturated/α-hetero) is 1. The summed E-state index contributed by atoms with van der Waals surface area (Å²) < 4.78 is 0. The first-order chi connectivity index (χ1) is 13.6. The van der Waals surface area contributed by atoms with Gasteiger partial charge < -0.3 is 32.0 Å². The van der Waals surface area contributed by atoms with Crippen LogP contribution >= 0.6 is 0 Å². The largest absolute Gasteiger partial charge is 0.480 e. The standard InChI is InChI=1S/C18H28N4O7/c1-2-12(24)4-3-11(10-23)21-17(27)15(7-5-13(25)9-19)22-16(26)8-6-14(20)18(28)29/h2,9,11,14-15,19,23H,1,3-8,10,20H2,(H,21,27)(H,22,26)(H,28,29)/t11-,14-,15-/m0/s1. The molecule has 0 rings (SSSR count). The van der Waals surface area contributed by atoms with Gasteiger partial charge in [-0.05, 0) is 25.3 Å². The third-order valence-electron chi connectivity index (χ3n) is 4.03. The number of hydrogen-bond acceptors (Lipinski definition) is 8. The maximum atomic E-state index is 12.5. The Kier molecular flexibility index (Phi) is 12.7. The van der Waals surface area contributed by atoms with Gasteiger partial charge in [-0.3, -0.25) is 24.0 Å². The second-order valence-electron chi connectivity index (χ2n) is 6.35. The molecule has 0 fully saturated rings. The number of ketones is 2. The van der Waals surface area contributed by atoms with E-state index in [1.165, 1.54) is 0 Å². The van der Waals surface area contributed by atoms with Crippen LogP contribution in [0.2, 0.25) is 0 Å². The molecule has 3 atom stereocenters. The monoisotopic (exact) mass is 412 g/mol. The molecule has 0 aliphatic rings. The highest BCUT2D eigenvalue weighted by atomic mass is 16.4. The molecule has 0 unspecified atom stereocenters. The van der Waals surface area contributed by atoms with Crippen molar-refractivity contribution in [2.75, 3.05) is 6.61 Å². The van der Waals surface area contributed by atoms with Gasteiger partial charge in [-0.2, -0.15) is 0 Å². The third kappa shape index (κ3) is 11.5. The highest BCUT2D eigenvalue weighted by Gasteiger charge is 2.24. The summed E-state index contributed by atoms with van der Waals surface area (Å²) in [5, 5.41) is 29.9. The average Bonchev–Trinajstić information content (AvgIpc) is 2.70. The Morgan fingerprint density at radius 3 is 2.14 bits per heavy atom. The Hall–Kier alpha value is -2.92. The number of hydrogen-bond donors (Lipinski definition) is 6. The zero-order chi connectivity index (χ0) is 22.4. The van der Waals surface area contributed by atoms with Crippen LogP contribution in [-0.4, -0.2) is 70.5 Å². The minimum absolute atomic E-state index is 0.0609. The van der Waals surface area contributed by atoms with E-state index in [1.54, 1.807) is 0 Å². The maximum absolute atomic E-state index is 12.5. The SMILES string of the molecule is C=CC(=O)CC[C@@H](CO)NC(=O)[C@H](CCC(=O)C=N)NC(=O)CC[C@H](N)C(=O)O. The fourth-order valence-corrected chi connectivity index (χ4v) is 2.23. The summed E-state index contributed by atoms with van der Waals surface area (Å²) in [6.07, 6.45) is 1.29. The summed E-state index contributed by atoms with van der Waals surface area (Å²) >= 11 is 0. The zero-order valence-corrected chi connectivity index (χ0v) is 16.1. The molecule has 2 amide bonds. The quantitative estimate of drug-likeness (QED) is 0.132. The van der Waals surface area contributed by atoms with Gasteiger partial charge in [-0.15, -0.1) is 0 Å². The molecular formula is C18H28N4O7. The van der Waals surface area contributed by atoms with E-state index < -0.39 is 48.3 Å². The van der Waals surface area contributed by atoms with E-state index in [0.29, 0.717) is 6.21 Å². The van der Waals surface area contributed by atoms with E-state index in [0.717, 1.165) is 6.08 Å². The van der Waals surface area contributed by atoms with Crippen LogP contribution in [0.25, 0.3) is 0 Å². The summed E-state index contributed by atoms with van der Waals surface area (Å²) in [6, 6.07) is -3.12.